The molecule has 1 aliphatic heterocycles. The Bertz CT molecular complexity index is 1570. The van der Waals surface area contributed by atoms with Crippen molar-refractivity contribution in [1.82, 2.24) is 19.5 Å². The minimum absolute atomic E-state index is 0.0961. The molecule has 3 aromatic heterocycles. The molecular weight excluding hydrogens is 354 g/mol. The van der Waals surface area contributed by atoms with E-state index in [1.54, 1.807) is 42.7 Å². The summed E-state index contributed by atoms with van der Waals surface area (Å²) in [5.41, 5.74) is 8.64. The SMILES string of the molecule is Nc1ccc2nc3n(c(=O)c2c1)-c1c(c2cccnc2c2ncccc12)C3=O. The largest absolute Gasteiger partial charge is 0.399 e. The molecule has 2 N–H and O–H groups in total. The molecule has 0 radical (unpaired) electrons. The van der Waals surface area contributed by atoms with E-state index in [0.717, 1.165) is 0 Å². The molecule has 0 saturated heterocycles. The van der Waals surface area contributed by atoms with Crippen molar-refractivity contribution >= 4 is 44.2 Å². The highest BCUT2D eigenvalue weighted by Gasteiger charge is 2.34. The van der Waals surface area contributed by atoms with Crippen LogP contribution in [0.15, 0.2) is 59.7 Å². The molecule has 132 valence electrons. The van der Waals surface area contributed by atoms with Gasteiger partial charge in [-0.25, -0.2) is 4.98 Å². The van der Waals surface area contributed by atoms with Crippen LogP contribution in [-0.2, 0) is 0 Å². The van der Waals surface area contributed by atoms with E-state index in [1.807, 2.05) is 12.1 Å². The van der Waals surface area contributed by atoms with Crippen molar-refractivity contribution in [1.29, 1.82) is 0 Å². The van der Waals surface area contributed by atoms with Crippen LogP contribution >= 0.6 is 0 Å². The number of fused-ring (bicyclic) bond motifs is 9. The topological polar surface area (TPSA) is 104 Å². The maximum absolute atomic E-state index is 13.3. The van der Waals surface area contributed by atoms with Crippen molar-refractivity contribution in [3.05, 3.63) is 76.6 Å². The third-order valence-corrected chi connectivity index (χ3v) is 5.15. The zero-order chi connectivity index (χ0) is 19.0. The Morgan fingerprint density at radius 1 is 0.857 bits per heavy atom. The van der Waals surface area contributed by atoms with Crippen molar-refractivity contribution in [3.8, 4) is 5.69 Å². The lowest BCUT2D eigenvalue weighted by Crippen LogP contribution is -2.21. The molecule has 0 aliphatic carbocycles. The van der Waals surface area contributed by atoms with Crippen LogP contribution in [-0.4, -0.2) is 25.3 Å². The molecule has 0 atom stereocenters. The molecule has 0 saturated carbocycles. The van der Waals surface area contributed by atoms with Gasteiger partial charge in [0.25, 0.3) is 5.56 Å². The molecule has 5 aromatic rings. The van der Waals surface area contributed by atoms with Crippen molar-refractivity contribution in [2.75, 3.05) is 5.73 Å². The lowest BCUT2D eigenvalue weighted by Gasteiger charge is -2.10. The number of aromatic nitrogens is 4. The molecule has 6 rings (SSSR count). The Labute approximate surface area is 157 Å². The highest BCUT2D eigenvalue weighted by Crippen LogP contribution is 2.38. The van der Waals surface area contributed by atoms with E-state index in [-0.39, 0.29) is 17.2 Å². The molecule has 0 fully saturated rings. The van der Waals surface area contributed by atoms with Crippen molar-refractivity contribution in [2.24, 2.45) is 0 Å². The third-order valence-electron chi connectivity index (χ3n) is 5.15. The highest BCUT2D eigenvalue weighted by molar-refractivity contribution is 6.26. The second-order valence-electron chi connectivity index (χ2n) is 6.70. The third kappa shape index (κ3) is 1.70. The quantitative estimate of drug-likeness (QED) is 0.328. The summed E-state index contributed by atoms with van der Waals surface area (Å²) < 4.78 is 1.38. The summed E-state index contributed by atoms with van der Waals surface area (Å²) in [6.45, 7) is 0. The molecule has 0 amide bonds. The van der Waals surface area contributed by atoms with Gasteiger partial charge in [0, 0.05) is 28.9 Å². The second kappa shape index (κ2) is 4.98. The number of carbonyl (C=O) groups excluding carboxylic acids is 1. The van der Waals surface area contributed by atoms with E-state index < -0.39 is 0 Å². The maximum Gasteiger partial charge on any atom is 0.266 e. The first-order chi connectivity index (χ1) is 13.6. The standard InChI is InChI=1S/C21H11N5O2/c22-10-5-6-14-13(9-10)21(28)26-18-12-4-2-8-24-17(12)16-11(3-1-7-23-16)15(18)19(27)20(26)25-14/h1-9H,22H2. The van der Waals surface area contributed by atoms with Crippen molar-refractivity contribution < 1.29 is 4.79 Å². The fraction of sp³-hybridized carbons (Fsp3) is 0. The van der Waals surface area contributed by atoms with Gasteiger partial charge in [0.05, 0.1) is 33.2 Å². The first kappa shape index (κ1) is 15.0. The number of carbonyl (C=O) groups is 1. The smallest absolute Gasteiger partial charge is 0.266 e. The Hall–Kier alpha value is -4.13. The van der Waals surface area contributed by atoms with Crippen molar-refractivity contribution in [3.63, 3.8) is 0 Å². The van der Waals surface area contributed by atoms with Gasteiger partial charge in [-0.3, -0.25) is 24.1 Å². The van der Waals surface area contributed by atoms with Crippen LogP contribution in [0.25, 0.3) is 38.4 Å². The summed E-state index contributed by atoms with van der Waals surface area (Å²) in [6.07, 6.45) is 3.33. The van der Waals surface area contributed by atoms with E-state index in [9.17, 15) is 9.59 Å². The summed E-state index contributed by atoms with van der Waals surface area (Å²) in [6, 6.07) is 12.1. The number of nitrogen functional groups attached to an aromatic ring is 1. The fourth-order valence-electron chi connectivity index (χ4n) is 3.98. The Kier molecular flexibility index (Phi) is 2.66. The molecule has 0 spiro atoms. The molecule has 7 nitrogen and oxygen atoms in total. The highest BCUT2D eigenvalue weighted by atomic mass is 16.1. The van der Waals surface area contributed by atoms with Crippen molar-refractivity contribution in [2.45, 2.75) is 0 Å². The Balaban J connectivity index is 1.91. The zero-order valence-electron chi connectivity index (χ0n) is 14.4. The average molecular weight is 365 g/mol. The Morgan fingerprint density at radius 2 is 1.57 bits per heavy atom. The number of anilines is 1. The number of rotatable bonds is 0. The number of nitrogens with zero attached hydrogens (tertiary/aromatic N) is 4. The number of hydrogen-bond donors (Lipinski definition) is 1. The average Bonchev–Trinajstić information content (AvgIpc) is 3.02. The van der Waals surface area contributed by atoms with E-state index in [1.165, 1.54) is 4.57 Å². The Morgan fingerprint density at radius 3 is 2.36 bits per heavy atom. The molecule has 0 bridgehead atoms. The van der Waals surface area contributed by atoms with Gasteiger partial charge in [0.1, 0.15) is 0 Å². The normalized spacial score (nSPS) is 12.6. The van der Waals surface area contributed by atoms with E-state index in [0.29, 0.717) is 49.6 Å². The number of pyridine rings is 2. The summed E-state index contributed by atoms with van der Waals surface area (Å²) in [4.78, 5) is 40.0. The summed E-state index contributed by atoms with van der Waals surface area (Å²) >= 11 is 0. The fourth-order valence-corrected chi connectivity index (χ4v) is 3.98. The van der Waals surface area contributed by atoms with Gasteiger partial charge in [-0.05, 0) is 36.4 Å². The lowest BCUT2D eigenvalue weighted by molar-refractivity contribution is 0.103. The van der Waals surface area contributed by atoms with Crippen LogP contribution in [0.4, 0.5) is 5.69 Å². The predicted octanol–water partition coefficient (Wildman–Crippen LogP) is 2.61. The number of ketones is 1. The molecule has 4 heterocycles. The van der Waals surface area contributed by atoms with Crippen LogP contribution in [0.1, 0.15) is 16.2 Å². The zero-order valence-corrected chi connectivity index (χ0v) is 14.4. The number of hydrogen-bond acceptors (Lipinski definition) is 6. The van der Waals surface area contributed by atoms with Crippen LogP contribution in [0, 0.1) is 0 Å². The first-order valence-electron chi connectivity index (χ1n) is 8.68. The monoisotopic (exact) mass is 365 g/mol. The van der Waals surface area contributed by atoms with Gasteiger partial charge >= 0.3 is 0 Å². The van der Waals surface area contributed by atoms with Crippen LogP contribution < -0.4 is 11.3 Å². The molecule has 7 heteroatoms. The van der Waals surface area contributed by atoms with Gasteiger partial charge in [0.2, 0.25) is 5.78 Å². The number of benzene rings is 2. The molecule has 28 heavy (non-hydrogen) atoms. The number of nitrogens with two attached hydrogens (primary N) is 1. The van der Waals surface area contributed by atoms with Crippen LogP contribution in [0.2, 0.25) is 0 Å². The van der Waals surface area contributed by atoms with Gasteiger partial charge in [-0.2, -0.15) is 0 Å². The van der Waals surface area contributed by atoms with Crippen LogP contribution in [0.5, 0.6) is 0 Å². The van der Waals surface area contributed by atoms with Gasteiger partial charge in [0.15, 0.2) is 5.82 Å². The van der Waals surface area contributed by atoms with E-state index >= 15 is 0 Å². The lowest BCUT2D eigenvalue weighted by atomic mass is 10.00. The van der Waals surface area contributed by atoms with E-state index in [2.05, 4.69) is 15.0 Å². The summed E-state index contributed by atoms with van der Waals surface area (Å²) in [5, 5.41) is 1.71. The van der Waals surface area contributed by atoms with Gasteiger partial charge in [-0.1, -0.05) is 6.07 Å². The summed E-state index contributed by atoms with van der Waals surface area (Å²) in [7, 11) is 0. The molecular formula is C21H11N5O2. The molecule has 1 aliphatic rings. The minimum atomic E-state index is -0.326. The summed E-state index contributed by atoms with van der Waals surface area (Å²) in [5.74, 6) is -0.201. The first-order valence-corrected chi connectivity index (χ1v) is 8.68. The van der Waals surface area contributed by atoms with E-state index in [4.69, 9.17) is 5.73 Å². The van der Waals surface area contributed by atoms with Gasteiger partial charge < -0.3 is 5.73 Å². The van der Waals surface area contributed by atoms with Crippen LogP contribution in [0.3, 0.4) is 0 Å². The molecule has 2 aromatic carbocycles. The predicted molar refractivity (Wildman–Crippen MR) is 106 cm³/mol. The minimum Gasteiger partial charge on any atom is -0.399 e. The molecule has 0 unspecified atom stereocenters. The van der Waals surface area contributed by atoms with Gasteiger partial charge in [-0.15, -0.1) is 0 Å². The maximum atomic E-state index is 13.3. The second-order valence-corrected chi connectivity index (χ2v) is 6.70.